The van der Waals surface area contributed by atoms with Crippen molar-refractivity contribution in [3.05, 3.63) is 34.4 Å². The number of hydrogen-bond acceptors (Lipinski definition) is 6. The highest BCUT2D eigenvalue weighted by Gasteiger charge is 2.37. The highest BCUT2D eigenvalue weighted by molar-refractivity contribution is 6.10. The van der Waals surface area contributed by atoms with Crippen LogP contribution >= 0.6 is 0 Å². The first kappa shape index (κ1) is 16.1. The van der Waals surface area contributed by atoms with Gasteiger partial charge in [0, 0.05) is 19.4 Å². The van der Waals surface area contributed by atoms with Gasteiger partial charge in [-0.1, -0.05) is 5.16 Å². The first-order valence-corrected chi connectivity index (χ1v) is 8.83. The fraction of sp³-hybridized carbons (Fsp3) is 0.556. The Morgan fingerprint density at radius 1 is 1.20 bits per heavy atom. The number of likely N-dealkylation sites (tertiary alicyclic amines) is 1. The summed E-state index contributed by atoms with van der Waals surface area (Å²) in [6, 6.07) is -0.244. The number of aryl methyl sites for hydroxylation is 3. The van der Waals surface area contributed by atoms with Crippen LogP contribution in [-0.4, -0.2) is 33.3 Å². The van der Waals surface area contributed by atoms with Crippen LogP contribution < -0.4 is 0 Å². The monoisotopic (exact) mass is 343 g/mol. The molecule has 0 bridgehead atoms. The summed E-state index contributed by atoms with van der Waals surface area (Å²) in [6.07, 6.45) is 4.65. The predicted octanol–water partition coefficient (Wildman–Crippen LogP) is 3.17. The summed E-state index contributed by atoms with van der Waals surface area (Å²) in [5, 5.41) is 3.85. The molecule has 7 nitrogen and oxygen atoms in total. The highest BCUT2D eigenvalue weighted by Crippen LogP contribution is 2.35. The molecule has 1 amide bonds. The molecule has 1 aliphatic carbocycles. The van der Waals surface area contributed by atoms with E-state index in [2.05, 4.69) is 10.1 Å². The zero-order valence-electron chi connectivity index (χ0n) is 14.5. The van der Waals surface area contributed by atoms with Gasteiger partial charge in [-0.05, 0) is 39.5 Å². The molecular formula is C18H21N3O4. The van der Waals surface area contributed by atoms with E-state index in [1.807, 2.05) is 0 Å². The molecule has 1 aliphatic heterocycles. The number of furan rings is 1. The molecular weight excluding hydrogens is 322 g/mol. The average Bonchev–Trinajstić information content (AvgIpc) is 3.18. The minimum absolute atomic E-state index is 0.00337. The van der Waals surface area contributed by atoms with Crippen LogP contribution in [0.1, 0.15) is 82.1 Å². The van der Waals surface area contributed by atoms with E-state index in [0.29, 0.717) is 53.7 Å². The SMILES string of the molecule is Cc1noc([C@@H]2CCCCN2C(=O)c2c(C)oc3c2C(=O)CCC3)n1. The van der Waals surface area contributed by atoms with Crippen molar-refractivity contribution in [3.8, 4) is 0 Å². The number of ketones is 1. The number of fused-ring (bicyclic) bond motifs is 1. The molecule has 0 N–H and O–H groups in total. The van der Waals surface area contributed by atoms with Crippen LogP contribution in [0.15, 0.2) is 8.94 Å². The second-order valence-electron chi connectivity index (χ2n) is 6.80. The van der Waals surface area contributed by atoms with Crippen LogP contribution in [0.5, 0.6) is 0 Å². The summed E-state index contributed by atoms with van der Waals surface area (Å²) in [4.78, 5) is 31.8. The topological polar surface area (TPSA) is 89.4 Å². The summed E-state index contributed by atoms with van der Waals surface area (Å²) in [7, 11) is 0. The first-order chi connectivity index (χ1) is 12.1. The Labute approximate surface area is 145 Å². The second-order valence-corrected chi connectivity index (χ2v) is 6.80. The molecule has 1 saturated heterocycles. The number of rotatable bonds is 2. The van der Waals surface area contributed by atoms with Gasteiger partial charge in [0.25, 0.3) is 5.91 Å². The fourth-order valence-corrected chi connectivity index (χ4v) is 3.89. The van der Waals surface area contributed by atoms with Crippen molar-refractivity contribution in [3.63, 3.8) is 0 Å². The van der Waals surface area contributed by atoms with E-state index in [1.54, 1.807) is 18.7 Å². The zero-order valence-corrected chi connectivity index (χ0v) is 14.5. The second kappa shape index (κ2) is 6.13. The largest absolute Gasteiger partial charge is 0.465 e. The van der Waals surface area contributed by atoms with E-state index in [0.717, 1.165) is 25.7 Å². The van der Waals surface area contributed by atoms with E-state index in [-0.39, 0.29) is 17.7 Å². The van der Waals surface area contributed by atoms with Crippen LogP contribution in [0.25, 0.3) is 0 Å². The van der Waals surface area contributed by atoms with Crippen LogP contribution in [0.3, 0.4) is 0 Å². The van der Waals surface area contributed by atoms with Gasteiger partial charge in [0.05, 0.1) is 11.1 Å². The normalized spacial score (nSPS) is 20.6. The van der Waals surface area contributed by atoms with Crippen LogP contribution in [0.2, 0.25) is 0 Å². The lowest BCUT2D eigenvalue weighted by atomic mass is 9.92. The quantitative estimate of drug-likeness (QED) is 0.832. The summed E-state index contributed by atoms with van der Waals surface area (Å²) in [5.74, 6) is 2.03. The molecule has 2 aliphatic rings. The number of hydrogen-bond donors (Lipinski definition) is 0. The van der Waals surface area contributed by atoms with Crippen molar-refractivity contribution in [1.29, 1.82) is 0 Å². The smallest absolute Gasteiger partial charge is 0.258 e. The van der Waals surface area contributed by atoms with E-state index in [4.69, 9.17) is 8.94 Å². The van der Waals surface area contributed by atoms with Gasteiger partial charge >= 0.3 is 0 Å². The van der Waals surface area contributed by atoms with Gasteiger partial charge in [0.2, 0.25) is 5.89 Å². The van der Waals surface area contributed by atoms with Gasteiger partial charge in [-0.3, -0.25) is 9.59 Å². The van der Waals surface area contributed by atoms with Gasteiger partial charge in [0.15, 0.2) is 11.6 Å². The molecule has 3 heterocycles. The zero-order chi connectivity index (χ0) is 17.6. The highest BCUT2D eigenvalue weighted by atomic mass is 16.5. The Balaban J connectivity index is 1.72. The molecule has 4 rings (SSSR count). The maximum absolute atomic E-state index is 13.3. The Morgan fingerprint density at radius 2 is 2.04 bits per heavy atom. The fourth-order valence-electron chi connectivity index (χ4n) is 3.89. The van der Waals surface area contributed by atoms with E-state index < -0.39 is 0 Å². The molecule has 0 radical (unpaired) electrons. The van der Waals surface area contributed by atoms with Crippen LogP contribution in [0, 0.1) is 13.8 Å². The number of aromatic nitrogens is 2. The third-order valence-electron chi connectivity index (χ3n) is 5.05. The molecule has 0 saturated carbocycles. The van der Waals surface area contributed by atoms with Gasteiger partial charge in [-0.15, -0.1) is 0 Å². The van der Waals surface area contributed by atoms with Gasteiger partial charge in [-0.2, -0.15) is 4.98 Å². The number of carbonyl (C=O) groups is 2. The maximum atomic E-state index is 13.3. The average molecular weight is 343 g/mol. The Morgan fingerprint density at radius 3 is 2.80 bits per heavy atom. The molecule has 1 atom stereocenters. The number of amides is 1. The molecule has 1 fully saturated rings. The summed E-state index contributed by atoms with van der Waals surface area (Å²) < 4.78 is 11.1. The standard InChI is InChI=1S/C18H21N3O4/c1-10-15(16-13(22)7-5-8-14(16)24-10)18(23)21-9-4-3-6-12(21)17-19-11(2)20-25-17/h12H,3-9H2,1-2H3/t12-/m0/s1. The Bertz CT molecular complexity index is 835. The summed E-state index contributed by atoms with van der Waals surface area (Å²) in [6.45, 7) is 4.13. The van der Waals surface area contributed by atoms with Crippen molar-refractivity contribution in [2.75, 3.05) is 6.54 Å². The van der Waals surface area contributed by atoms with E-state index in [1.165, 1.54) is 0 Å². The minimum Gasteiger partial charge on any atom is -0.465 e. The molecule has 2 aromatic rings. The Kier molecular flexibility index (Phi) is 3.94. The first-order valence-electron chi connectivity index (χ1n) is 8.83. The van der Waals surface area contributed by atoms with Crippen molar-refractivity contribution in [2.24, 2.45) is 0 Å². The lowest BCUT2D eigenvalue weighted by Gasteiger charge is -2.33. The number of carbonyl (C=O) groups excluding carboxylic acids is 2. The number of piperidine rings is 1. The Hall–Kier alpha value is -2.44. The van der Waals surface area contributed by atoms with Gasteiger partial charge < -0.3 is 13.8 Å². The molecule has 2 aromatic heterocycles. The van der Waals surface area contributed by atoms with E-state index in [9.17, 15) is 9.59 Å². The van der Waals surface area contributed by atoms with Crippen molar-refractivity contribution in [1.82, 2.24) is 15.0 Å². The van der Waals surface area contributed by atoms with Gasteiger partial charge in [0.1, 0.15) is 17.6 Å². The third kappa shape index (κ3) is 2.67. The molecule has 0 unspecified atom stereocenters. The minimum atomic E-state index is -0.244. The lowest BCUT2D eigenvalue weighted by Crippen LogP contribution is -2.39. The summed E-state index contributed by atoms with van der Waals surface area (Å²) >= 11 is 0. The lowest BCUT2D eigenvalue weighted by molar-refractivity contribution is 0.0557. The van der Waals surface area contributed by atoms with Crippen LogP contribution in [-0.2, 0) is 6.42 Å². The van der Waals surface area contributed by atoms with Crippen molar-refractivity contribution < 1.29 is 18.5 Å². The number of nitrogens with zero attached hydrogens (tertiary/aromatic N) is 3. The van der Waals surface area contributed by atoms with Crippen molar-refractivity contribution >= 4 is 11.7 Å². The van der Waals surface area contributed by atoms with Gasteiger partial charge in [-0.25, -0.2) is 0 Å². The molecule has 132 valence electrons. The maximum Gasteiger partial charge on any atom is 0.258 e. The number of Topliss-reactive ketones (excluding diaryl/α,β-unsaturated/α-hetero) is 1. The van der Waals surface area contributed by atoms with E-state index >= 15 is 0 Å². The van der Waals surface area contributed by atoms with Crippen LogP contribution in [0.4, 0.5) is 0 Å². The van der Waals surface area contributed by atoms with Crippen molar-refractivity contribution in [2.45, 2.75) is 58.4 Å². The molecule has 0 aromatic carbocycles. The molecule has 0 spiro atoms. The molecule has 7 heteroatoms. The third-order valence-corrected chi connectivity index (χ3v) is 5.05. The predicted molar refractivity (Wildman–Crippen MR) is 87.4 cm³/mol. The summed E-state index contributed by atoms with van der Waals surface area (Å²) in [5.41, 5.74) is 0.905. The molecule has 25 heavy (non-hydrogen) atoms.